The Kier molecular flexibility index (Phi) is 2.05. The van der Waals surface area contributed by atoms with Crippen LogP contribution in [0.3, 0.4) is 0 Å². The molecule has 1 aliphatic carbocycles. The van der Waals surface area contributed by atoms with E-state index in [1.807, 2.05) is 0 Å². The molecule has 0 saturated heterocycles. The Morgan fingerprint density at radius 2 is 2.08 bits per heavy atom. The predicted octanol–water partition coefficient (Wildman–Crippen LogP) is 3.29. The quantitative estimate of drug-likeness (QED) is 0.662. The lowest BCUT2D eigenvalue weighted by Gasteiger charge is -2.34. The maximum Gasteiger partial charge on any atom is 0.141 e. The zero-order valence-electron chi connectivity index (χ0n) is 7.02. The van der Waals surface area contributed by atoms with Crippen molar-refractivity contribution in [3.63, 3.8) is 0 Å². The Hall–Kier alpha value is -0.600. The summed E-state index contributed by atoms with van der Waals surface area (Å²) < 4.78 is 12.8. The van der Waals surface area contributed by atoms with Crippen LogP contribution in [0.5, 0.6) is 0 Å². The zero-order chi connectivity index (χ0) is 9.47. The predicted molar refractivity (Wildman–Crippen MR) is 47.6 cm³/mol. The number of benzene rings is 1. The van der Waals surface area contributed by atoms with Crippen LogP contribution in [0.15, 0.2) is 18.2 Å². The van der Waals surface area contributed by atoms with Crippen LogP contribution in [0.4, 0.5) is 4.39 Å². The average Bonchev–Trinajstić information content (AvgIpc) is 2.06. The lowest BCUT2D eigenvalue weighted by atomic mass is 9.75. The summed E-state index contributed by atoms with van der Waals surface area (Å²) in [6.45, 7) is 0. The van der Waals surface area contributed by atoms with Gasteiger partial charge in [-0.3, -0.25) is 0 Å². The lowest BCUT2D eigenvalue weighted by molar-refractivity contribution is -0.0984. The van der Waals surface area contributed by atoms with Crippen molar-refractivity contribution in [1.29, 1.82) is 0 Å². The lowest BCUT2D eigenvalue weighted by Crippen LogP contribution is -2.32. The molecule has 1 radical (unpaired) electrons. The van der Waals surface area contributed by atoms with Gasteiger partial charge in [-0.1, -0.05) is 17.7 Å². The fourth-order valence-electron chi connectivity index (χ4n) is 1.57. The van der Waals surface area contributed by atoms with Gasteiger partial charge >= 0.3 is 0 Å². The van der Waals surface area contributed by atoms with E-state index in [2.05, 4.69) is 0 Å². The van der Waals surface area contributed by atoms with Crippen molar-refractivity contribution in [2.24, 2.45) is 0 Å². The first-order valence-corrected chi connectivity index (χ1v) is 4.66. The van der Waals surface area contributed by atoms with Crippen LogP contribution in [0.2, 0.25) is 5.02 Å². The minimum atomic E-state index is -1.00. The third-order valence-corrected chi connectivity index (χ3v) is 2.90. The Bertz CT molecular complexity index is 334. The molecule has 0 aromatic heterocycles. The van der Waals surface area contributed by atoms with Gasteiger partial charge < -0.3 is 0 Å². The Balaban J connectivity index is 2.36. The Morgan fingerprint density at radius 1 is 1.38 bits per heavy atom. The monoisotopic (exact) mass is 199 g/mol. The molecule has 0 N–H and O–H groups in total. The van der Waals surface area contributed by atoms with E-state index in [0.29, 0.717) is 18.4 Å². The average molecular weight is 200 g/mol. The SMILES string of the molecule is [O]C1(c2ccc(F)c(Cl)c2)CCC1. The molecule has 0 unspecified atom stereocenters. The molecule has 13 heavy (non-hydrogen) atoms. The standard InChI is InChI=1S/C10H9ClFO/c11-8-6-7(2-3-9(8)12)10(13)4-1-5-10/h2-3,6H,1,4-5H2. The van der Waals surface area contributed by atoms with E-state index in [1.165, 1.54) is 18.2 Å². The van der Waals surface area contributed by atoms with Gasteiger partial charge in [0.15, 0.2) is 0 Å². The van der Waals surface area contributed by atoms with E-state index in [1.54, 1.807) is 0 Å². The molecule has 1 aliphatic rings. The molecule has 2 rings (SSSR count). The smallest absolute Gasteiger partial charge is 0.141 e. The van der Waals surface area contributed by atoms with Crippen LogP contribution < -0.4 is 0 Å². The summed E-state index contributed by atoms with van der Waals surface area (Å²) in [5.74, 6) is -0.464. The molecular formula is C10H9ClFO. The highest BCUT2D eigenvalue weighted by Gasteiger charge is 2.38. The van der Waals surface area contributed by atoms with Crippen molar-refractivity contribution in [2.75, 3.05) is 0 Å². The van der Waals surface area contributed by atoms with Crippen LogP contribution in [0.1, 0.15) is 24.8 Å². The second-order valence-electron chi connectivity index (χ2n) is 3.48. The molecule has 1 saturated carbocycles. The van der Waals surface area contributed by atoms with Crippen molar-refractivity contribution in [1.82, 2.24) is 0 Å². The van der Waals surface area contributed by atoms with Crippen LogP contribution in [0.25, 0.3) is 0 Å². The van der Waals surface area contributed by atoms with E-state index in [-0.39, 0.29) is 5.02 Å². The van der Waals surface area contributed by atoms with Gasteiger partial charge in [0.2, 0.25) is 0 Å². The topological polar surface area (TPSA) is 19.9 Å². The fourth-order valence-corrected chi connectivity index (χ4v) is 1.75. The molecule has 1 fully saturated rings. The highest BCUT2D eigenvalue weighted by Crippen LogP contribution is 2.42. The van der Waals surface area contributed by atoms with Crippen molar-refractivity contribution in [3.8, 4) is 0 Å². The molecule has 1 aromatic rings. The van der Waals surface area contributed by atoms with Crippen LogP contribution in [-0.4, -0.2) is 0 Å². The maximum absolute atomic E-state index is 12.8. The molecule has 0 amide bonds. The van der Waals surface area contributed by atoms with E-state index in [9.17, 15) is 9.50 Å². The van der Waals surface area contributed by atoms with Gasteiger partial charge in [-0.2, -0.15) is 0 Å². The van der Waals surface area contributed by atoms with E-state index >= 15 is 0 Å². The molecule has 1 aromatic carbocycles. The first-order chi connectivity index (χ1) is 6.12. The minimum Gasteiger partial charge on any atom is -0.224 e. The number of rotatable bonds is 1. The van der Waals surface area contributed by atoms with Gasteiger partial charge in [0, 0.05) is 0 Å². The van der Waals surface area contributed by atoms with Gasteiger partial charge in [0.05, 0.1) is 5.02 Å². The van der Waals surface area contributed by atoms with E-state index < -0.39 is 11.4 Å². The van der Waals surface area contributed by atoms with Gasteiger partial charge in [0.1, 0.15) is 11.4 Å². The summed E-state index contributed by atoms with van der Waals surface area (Å²) in [5, 5.41) is 11.9. The summed E-state index contributed by atoms with van der Waals surface area (Å²) in [4.78, 5) is 0. The molecule has 1 nitrogen and oxygen atoms in total. The zero-order valence-corrected chi connectivity index (χ0v) is 7.77. The normalized spacial score (nSPS) is 19.6. The third-order valence-electron chi connectivity index (χ3n) is 2.61. The number of hydrogen-bond donors (Lipinski definition) is 0. The van der Waals surface area contributed by atoms with Crippen LogP contribution in [0, 0.1) is 5.82 Å². The minimum absolute atomic E-state index is 0.0413. The summed E-state index contributed by atoms with van der Waals surface area (Å²) in [5.41, 5.74) is -0.387. The number of hydrogen-bond acceptors (Lipinski definition) is 0. The molecule has 0 aliphatic heterocycles. The van der Waals surface area contributed by atoms with Crippen molar-refractivity contribution >= 4 is 11.6 Å². The van der Waals surface area contributed by atoms with E-state index in [4.69, 9.17) is 11.6 Å². The van der Waals surface area contributed by atoms with Gasteiger partial charge in [-0.25, -0.2) is 9.50 Å². The Labute approximate surface area is 81.1 Å². The maximum atomic E-state index is 12.8. The summed E-state index contributed by atoms with van der Waals surface area (Å²) in [6, 6.07) is 4.24. The molecule has 3 heteroatoms. The third kappa shape index (κ3) is 1.45. The highest BCUT2D eigenvalue weighted by atomic mass is 35.5. The van der Waals surface area contributed by atoms with Gasteiger partial charge in [-0.15, -0.1) is 0 Å². The molecular weight excluding hydrogens is 191 g/mol. The van der Waals surface area contributed by atoms with Gasteiger partial charge in [-0.05, 0) is 37.0 Å². The molecule has 0 heterocycles. The van der Waals surface area contributed by atoms with Gasteiger partial charge in [0.25, 0.3) is 0 Å². The fraction of sp³-hybridized carbons (Fsp3) is 0.400. The van der Waals surface area contributed by atoms with Crippen molar-refractivity contribution in [3.05, 3.63) is 34.6 Å². The second kappa shape index (κ2) is 2.96. The second-order valence-corrected chi connectivity index (χ2v) is 3.88. The molecule has 0 atom stereocenters. The van der Waals surface area contributed by atoms with Crippen molar-refractivity contribution in [2.45, 2.75) is 24.9 Å². The Morgan fingerprint density at radius 3 is 2.54 bits per heavy atom. The molecule has 0 bridgehead atoms. The molecule has 69 valence electrons. The van der Waals surface area contributed by atoms with Crippen LogP contribution in [-0.2, 0) is 10.7 Å². The summed E-state index contributed by atoms with van der Waals surface area (Å²) in [7, 11) is 0. The first-order valence-electron chi connectivity index (χ1n) is 4.28. The highest BCUT2D eigenvalue weighted by molar-refractivity contribution is 6.30. The van der Waals surface area contributed by atoms with E-state index in [0.717, 1.165) is 6.42 Å². The largest absolute Gasteiger partial charge is 0.224 e. The first kappa shape index (κ1) is 8.97. The summed E-state index contributed by atoms with van der Waals surface area (Å²) in [6.07, 6.45) is 2.22. The number of halogens is 2. The molecule has 0 spiro atoms. The summed E-state index contributed by atoms with van der Waals surface area (Å²) >= 11 is 5.59. The van der Waals surface area contributed by atoms with Crippen molar-refractivity contribution < 1.29 is 9.50 Å². The van der Waals surface area contributed by atoms with Crippen LogP contribution >= 0.6 is 11.6 Å².